The molecule has 0 aromatic heterocycles. The van der Waals surface area contributed by atoms with E-state index in [0.29, 0.717) is 5.69 Å². The van der Waals surface area contributed by atoms with Crippen molar-refractivity contribution in [2.24, 2.45) is 0 Å². The summed E-state index contributed by atoms with van der Waals surface area (Å²) in [4.78, 5) is 10.4. The quantitative estimate of drug-likeness (QED) is 0.775. The standard InChI is InChI=1S/C8H9NO4S/c1-14(12,13)7-4-2-6(3-5-7)9-8(10)11/h2-5,9H,1H3,(H,10,11). The second kappa shape index (κ2) is 3.67. The van der Waals surface area contributed by atoms with Crippen LogP contribution in [0.15, 0.2) is 29.2 Å². The highest BCUT2D eigenvalue weighted by atomic mass is 32.2. The van der Waals surface area contributed by atoms with Gasteiger partial charge in [0.1, 0.15) is 0 Å². The van der Waals surface area contributed by atoms with Gasteiger partial charge in [-0.05, 0) is 24.3 Å². The van der Waals surface area contributed by atoms with Gasteiger partial charge in [-0.3, -0.25) is 5.32 Å². The van der Waals surface area contributed by atoms with E-state index in [0.717, 1.165) is 6.26 Å². The molecule has 1 aromatic rings. The summed E-state index contributed by atoms with van der Waals surface area (Å²) in [5.74, 6) is 0. The molecule has 0 aliphatic rings. The van der Waals surface area contributed by atoms with E-state index in [2.05, 4.69) is 5.32 Å². The zero-order valence-corrected chi connectivity index (χ0v) is 8.21. The van der Waals surface area contributed by atoms with Crippen molar-refractivity contribution in [1.82, 2.24) is 0 Å². The Morgan fingerprint density at radius 1 is 1.29 bits per heavy atom. The topological polar surface area (TPSA) is 83.5 Å². The van der Waals surface area contributed by atoms with Gasteiger partial charge in [-0.1, -0.05) is 0 Å². The molecule has 0 aliphatic carbocycles. The minimum Gasteiger partial charge on any atom is -0.465 e. The summed E-state index contributed by atoms with van der Waals surface area (Å²) < 4.78 is 22.1. The van der Waals surface area contributed by atoms with Gasteiger partial charge in [-0.2, -0.15) is 0 Å². The Bertz CT molecular complexity index is 435. The number of sulfone groups is 1. The Balaban J connectivity index is 2.95. The SMILES string of the molecule is CS(=O)(=O)c1ccc(NC(=O)O)cc1. The molecule has 0 radical (unpaired) electrons. The van der Waals surface area contributed by atoms with E-state index in [4.69, 9.17) is 5.11 Å². The predicted octanol–water partition coefficient (Wildman–Crippen LogP) is 1.18. The van der Waals surface area contributed by atoms with Crippen molar-refractivity contribution in [2.45, 2.75) is 4.90 Å². The fourth-order valence-electron chi connectivity index (χ4n) is 0.909. The number of carboxylic acid groups (broad SMARTS) is 1. The summed E-state index contributed by atoms with van der Waals surface area (Å²) in [6.45, 7) is 0. The van der Waals surface area contributed by atoms with E-state index in [1.807, 2.05) is 0 Å². The molecular formula is C8H9NO4S. The number of hydrogen-bond donors (Lipinski definition) is 2. The molecule has 6 heteroatoms. The van der Waals surface area contributed by atoms with Gasteiger partial charge < -0.3 is 5.11 Å². The predicted molar refractivity (Wildman–Crippen MR) is 51.2 cm³/mol. The first-order chi connectivity index (χ1) is 6.39. The molecule has 5 nitrogen and oxygen atoms in total. The Kier molecular flexibility index (Phi) is 2.76. The van der Waals surface area contributed by atoms with Crippen molar-refractivity contribution in [1.29, 1.82) is 0 Å². The maximum atomic E-state index is 11.0. The minimum atomic E-state index is -3.22. The lowest BCUT2D eigenvalue weighted by Crippen LogP contribution is -2.07. The van der Waals surface area contributed by atoms with Crippen molar-refractivity contribution in [3.05, 3.63) is 24.3 Å². The highest BCUT2D eigenvalue weighted by Crippen LogP contribution is 2.13. The Labute approximate surface area is 81.3 Å². The van der Waals surface area contributed by atoms with Crippen molar-refractivity contribution in [3.63, 3.8) is 0 Å². The van der Waals surface area contributed by atoms with E-state index in [-0.39, 0.29) is 4.90 Å². The molecule has 0 spiro atoms. The average molecular weight is 215 g/mol. The summed E-state index contributed by atoms with van der Waals surface area (Å²) in [7, 11) is -3.22. The molecular weight excluding hydrogens is 206 g/mol. The number of amides is 1. The Morgan fingerprint density at radius 3 is 2.14 bits per heavy atom. The molecule has 76 valence electrons. The normalized spacial score (nSPS) is 10.9. The highest BCUT2D eigenvalue weighted by molar-refractivity contribution is 7.90. The monoisotopic (exact) mass is 215 g/mol. The number of rotatable bonds is 2. The van der Waals surface area contributed by atoms with Crippen molar-refractivity contribution in [3.8, 4) is 0 Å². The summed E-state index contributed by atoms with van der Waals surface area (Å²) >= 11 is 0. The molecule has 0 unspecified atom stereocenters. The Hall–Kier alpha value is -1.56. The van der Waals surface area contributed by atoms with Crippen molar-refractivity contribution >= 4 is 21.6 Å². The smallest absolute Gasteiger partial charge is 0.409 e. The minimum absolute atomic E-state index is 0.161. The van der Waals surface area contributed by atoms with Gasteiger partial charge in [-0.25, -0.2) is 13.2 Å². The van der Waals surface area contributed by atoms with Crippen LogP contribution in [0.1, 0.15) is 0 Å². The summed E-state index contributed by atoms with van der Waals surface area (Å²) in [6, 6.07) is 5.48. The maximum Gasteiger partial charge on any atom is 0.409 e. The molecule has 14 heavy (non-hydrogen) atoms. The van der Waals surface area contributed by atoms with Gasteiger partial charge >= 0.3 is 6.09 Å². The first-order valence-electron chi connectivity index (χ1n) is 3.69. The van der Waals surface area contributed by atoms with Crippen molar-refractivity contribution < 1.29 is 18.3 Å². The third-order valence-electron chi connectivity index (χ3n) is 1.53. The van der Waals surface area contributed by atoms with Crippen LogP contribution in [0.3, 0.4) is 0 Å². The van der Waals surface area contributed by atoms with Crippen LogP contribution in [-0.2, 0) is 9.84 Å². The summed E-state index contributed by atoms with van der Waals surface area (Å²) in [5, 5.41) is 10.5. The van der Waals surface area contributed by atoms with Crippen LogP contribution >= 0.6 is 0 Å². The zero-order chi connectivity index (χ0) is 10.8. The second-order valence-electron chi connectivity index (χ2n) is 2.73. The molecule has 0 bridgehead atoms. The van der Waals surface area contributed by atoms with Gasteiger partial charge in [0.15, 0.2) is 9.84 Å². The molecule has 1 rings (SSSR count). The van der Waals surface area contributed by atoms with Gasteiger partial charge in [0.05, 0.1) is 4.90 Å². The molecule has 1 aromatic carbocycles. The second-order valence-corrected chi connectivity index (χ2v) is 4.74. The van der Waals surface area contributed by atoms with Crippen LogP contribution in [0.25, 0.3) is 0 Å². The molecule has 1 amide bonds. The number of benzene rings is 1. The first-order valence-corrected chi connectivity index (χ1v) is 5.59. The lowest BCUT2D eigenvalue weighted by molar-refractivity contribution is 0.210. The van der Waals surface area contributed by atoms with Gasteiger partial charge in [-0.15, -0.1) is 0 Å². The fraction of sp³-hybridized carbons (Fsp3) is 0.125. The molecule has 0 aliphatic heterocycles. The van der Waals surface area contributed by atoms with E-state index >= 15 is 0 Å². The lowest BCUT2D eigenvalue weighted by Gasteiger charge is -2.01. The van der Waals surface area contributed by atoms with Gasteiger partial charge in [0.25, 0.3) is 0 Å². The third-order valence-corrected chi connectivity index (χ3v) is 2.66. The molecule has 0 saturated carbocycles. The number of nitrogens with one attached hydrogen (secondary N) is 1. The lowest BCUT2D eigenvalue weighted by atomic mass is 10.3. The fourth-order valence-corrected chi connectivity index (χ4v) is 1.54. The molecule has 0 atom stereocenters. The summed E-state index contributed by atoms with van der Waals surface area (Å²) in [6.07, 6.45) is -0.0933. The van der Waals surface area contributed by atoms with E-state index in [9.17, 15) is 13.2 Å². The van der Waals surface area contributed by atoms with Crippen LogP contribution in [-0.4, -0.2) is 25.9 Å². The van der Waals surface area contributed by atoms with Crippen molar-refractivity contribution in [2.75, 3.05) is 11.6 Å². The van der Waals surface area contributed by atoms with Crippen LogP contribution < -0.4 is 5.32 Å². The van der Waals surface area contributed by atoms with Crippen LogP contribution in [0.5, 0.6) is 0 Å². The Morgan fingerprint density at radius 2 is 1.79 bits per heavy atom. The third kappa shape index (κ3) is 2.74. The number of anilines is 1. The molecule has 0 fully saturated rings. The molecule has 0 heterocycles. The molecule has 2 N–H and O–H groups in total. The number of carbonyl (C=O) groups is 1. The van der Waals surface area contributed by atoms with Gasteiger partial charge in [0, 0.05) is 11.9 Å². The van der Waals surface area contributed by atoms with E-state index < -0.39 is 15.9 Å². The molecule has 0 saturated heterocycles. The van der Waals surface area contributed by atoms with E-state index in [1.54, 1.807) is 0 Å². The highest BCUT2D eigenvalue weighted by Gasteiger charge is 2.06. The zero-order valence-electron chi connectivity index (χ0n) is 7.39. The van der Waals surface area contributed by atoms with E-state index in [1.165, 1.54) is 24.3 Å². The summed E-state index contributed by atoms with van der Waals surface area (Å²) in [5.41, 5.74) is 0.338. The van der Waals surface area contributed by atoms with Crippen LogP contribution in [0, 0.1) is 0 Å². The van der Waals surface area contributed by atoms with Crippen LogP contribution in [0.4, 0.5) is 10.5 Å². The maximum absolute atomic E-state index is 11.0. The average Bonchev–Trinajstić information content (AvgIpc) is 2.02. The number of hydrogen-bond acceptors (Lipinski definition) is 3. The van der Waals surface area contributed by atoms with Crippen LogP contribution in [0.2, 0.25) is 0 Å². The van der Waals surface area contributed by atoms with Gasteiger partial charge in [0.2, 0.25) is 0 Å². The first kappa shape index (κ1) is 10.5. The largest absolute Gasteiger partial charge is 0.465 e.